The first-order valence-electron chi connectivity index (χ1n) is 10.6. The Morgan fingerprint density at radius 1 is 1.07 bits per heavy atom. The number of halogens is 1. The van der Waals surface area contributed by atoms with E-state index in [1.807, 2.05) is 36.9 Å². The SMILES string of the molecule is Cc1cccc(N2CC(C(=O)N3CCC(Nc4ccc(F)cc4)CC3)CC2=O)c1C. The van der Waals surface area contributed by atoms with Crippen molar-refractivity contribution in [1.29, 1.82) is 0 Å². The maximum atomic E-state index is 13.1. The van der Waals surface area contributed by atoms with E-state index >= 15 is 0 Å². The van der Waals surface area contributed by atoms with Gasteiger partial charge in [0.05, 0.1) is 5.92 Å². The van der Waals surface area contributed by atoms with Gasteiger partial charge in [0.15, 0.2) is 0 Å². The fourth-order valence-corrected chi connectivity index (χ4v) is 4.42. The molecular formula is C24H28FN3O2. The smallest absolute Gasteiger partial charge is 0.228 e. The van der Waals surface area contributed by atoms with Crippen molar-refractivity contribution >= 4 is 23.2 Å². The van der Waals surface area contributed by atoms with Crippen molar-refractivity contribution in [2.75, 3.05) is 29.9 Å². The van der Waals surface area contributed by atoms with Crippen molar-refractivity contribution in [3.05, 3.63) is 59.4 Å². The van der Waals surface area contributed by atoms with Gasteiger partial charge in [0.25, 0.3) is 0 Å². The van der Waals surface area contributed by atoms with E-state index in [2.05, 4.69) is 5.32 Å². The molecule has 0 aromatic heterocycles. The third kappa shape index (κ3) is 4.18. The van der Waals surface area contributed by atoms with Gasteiger partial charge in [0.1, 0.15) is 5.82 Å². The van der Waals surface area contributed by atoms with Crippen LogP contribution in [0.2, 0.25) is 0 Å². The van der Waals surface area contributed by atoms with Crippen LogP contribution in [-0.4, -0.2) is 42.4 Å². The van der Waals surface area contributed by atoms with Crippen molar-refractivity contribution in [3.8, 4) is 0 Å². The predicted octanol–water partition coefficient (Wildman–Crippen LogP) is 3.90. The van der Waals surface area contributed by atoms with Crippen LogP contribution in [0.4, 0.5) is 15.8 Å². The molecule has 6 heteroatoms. The zero-order valence-electron chi connectivity index (χ0n) is 17.5. The summed E-state index contributed by atoms with van der Waals surface area (Å²) in [6.45, 7) is 5.85. The second kappa shape index (κ2) is 8.46. The van der Waals surface area contributed by atoms with Crippen LogP contribution >= 0.6 is 0 Å². The van der Waals surface area contributed by atoms with Gasteiger partial charge in [-0.2, -0.15) is 0 Å². The van der Waals surface area contributed by atoms with E-state index in [1.165, 1.54) is 12.1 Å². The number of anilines is 2. The van der Waals surface area contributed by atoms with Gasteiger partial charge in [-0.25, -0.2) is 4.39 Å². The molecule has 2 aliphatic heterocycles. The van der Waals surface area contributed by atoms with Crippen molar-refractivity contribution < 1.29 is 14.0 Å². The fourth-order valence-electron chi connectivity index (χ4n) is 4.42. The summed E-state index contributed by atoms with van der Waals surface area (Å²) in [5, 5.41) is 3.42. The topological polar surface area (TPSA) is 52.7 Å². The van der Waals surface area contributed by atoms with E-state index in [4.69, 9.17) is 0 Å². The van der Waals surface area contributed by atoms with Gasteiger partial charge < -0.3 is 15.1 Å². The molecule has 2 aromatic carbocycles. The number of hydrogen-bond acceptors (Lipinski definition) is 3. The Bertz CT molecular complexity index is 936. The molecule has 2 heterocycles. The predicted molar refractivity (Wildman–Crippen MR) is 116 cm³/mol. The van der Waals surface area contributed by atoms with Crippen LogP contribution in [0.15, 0.2) is 42.5 Å². The number of rotatable bonds is 4. The molecule has 1 atom stereocenters. The van der Waals surface area contributed by atoms with E-state index in [9.17, 15) is 14.0 Å². The minimum atomic E-state index is -0.279. The molecule has 0 aliphatic carbocycles. The second-order valence-electron chi connectivity index (χ2n) is 8.38. The van der Waals surface area contributed by atoms with Crippen LogP contribution in [0.1, 0.15) is 30.4 Å². The maximum absolute atomic E-state index is 13.1. The number of carbonyl (C=O) groups is 2. The first-order valence-corrected chi connectivity index (χ1v) is 10.6. The van der Waals surface area contributed by atoms with Gasteiger partial charge in [-0.15, -0.1) is 0 Å². The number of aryl methyl sites for hydroxylation is 1. The van der Waals surface area contributed by atoms with Crippen molar-refractivity contribution in [2.24, 2.45) is 5.92 Å². The summed E-state index contributed by atoms with van der Waals surface area (Å²) in [4.78, 5) is 29.4. The Hall–Kier alpha value is -2.89. The molecule has 0 spiro atoms. The fraction of sp³-hybridized carbons (Fsp3) is 0.417. The number of amides is 2. The highest BCUT2D eigenvalue weighted by molar-refractivity contribution is 6.01. The normalized spacial score (nSPS) is 20.0. The number of benzene rings is 2. The van der Waals surface area contributed by atoms with Gasteiger partial charge in [0, 0.05) is 43.5 Å². The molecule has 1 N–H and O–H groups in total. The van der Waals surface area contributed by atoms with E-state index in [1.54, 1.807) is 17.0 Å². The number of nitrogens with one attached hydrogen (secondary N) is 1. The molecule has 1 unspecified atom stereocenters. The summed E-state index contributed by atoms with van der Waals surface area (Å²) in [5.74, 6) is -0.424. The molecule has 0 saturated carbocycles. The molecule has 0 radical (unpaired) electrons. The van der Waals surface area contributed by atoms with Gasteiger partial charge in [-0.05, 0) is 68.1 Å². The summed E-state index contributed by atoms with van der Waals surface area (Å²) in [7, 11) is 0. The third-order valence-electron chi connectivity index (χ3n) is 6.36. The molecule has 2 saturated heterocycles. The number of carbonyl (C=O) groups excluding carboxylic acids is 2. The zero-order valence-corrected chi connectivity index (χ0v) is 17.5. The minimum Gasteiger partial charge on any atom is -0.382 e. The van der Waals surface area contributed by atoms with E-state index in [0.29, 0.717) is 19.6 Å². The van der Waals surface area contributed by atoms with Crippen LogP contribution in [0.5, 0.6) is 0 Å². The summed E-state index contributed by atoms with van der Waals surface area (Å²) in [5.41, 5.74) is 4.04. The maximum Gasteiger partial charge on any atom is 0.228 e. The van der Waals surface area contributed by atoms with Crippen LogP contribution in [0.3, 0.4) is 0 Å². The second-order valence-corrected chi connectivity index (χ2v) is 8.38. The molecule has 0 bridgehead atoms. The Kier molecular flexibility index (Phi) is 5.75. The number of hydrogen-bond donors (Lipinski definition) is 1. The summed E-state index contributed by atoms with van der Waals surface area (Å²) >= 11 is 0. The van der Waals surface area contributed by atoms with Gasteiger partial charge in [-0.3, -0.25) is 9.59 Å². The van der Waals surface area contributed by atoms with Crippen LogP contribution in [-0.2, 0) is 9.59 Å². The van der Waals surface area contributed by atoms with Crippen molar-refractivity contribution in [3.63, 3.8) is 0 Å². The molecule has 2 amide bonds. The molecule has 2 aromatic rings. The molecule has 2 fully saturated rings. The van der Waals surface area contributed by atoms with Crippen molar-refractivity contribution in [1.82, 2.24) is 4.90 Å². The molecule has 30 heavy (non-hydrogen) atoms. The molecule has 2 aliphatic rings. The monoisotopic (exact) mass is 409 g/mol. The van der Waals surface area contributed by atoms with Crippen LogP contribution < -0.4 is 10.2 Å². The first kappa shape index (κ1) is 20.4. The lowest BCUT2D eigenvalue weighted by atomic mass is 10.0. The first-order chi connectivity index (χ1) is 14.4. The van der Waals surface area contributed by atoms with Gasteiger partial charge in [0.2, 0.25) is 11.8 Å². The lowest BCUT2D eigenvalue weighted by Crippen LogP contribution is -2.45. The lowest BCUT2D eigenvalue weighted by molar-refractivity contribution is -0.136. The Labute approximate surface area is 176 Å². The highest BCUT2D eigenvalue weighted by atomic mass is 19.1. The Morgan fingerprint density at radius 3 is 2.47 bits per heavy atom. The van der Waals surface area contributed by atoms with Gasteiger partial charge in [-0.1, -0.05) is 12.1 Å². The lowest BCUT2D eigenvalue weighted by Gasteiger charge is -2.34. The average Bonchev–Trinajstić information content (AvgIpc) is 3.13. The minimum absolute atomic E-state index is 0.0231. The highest BCUT2D eigenvalue weighted by Crippen LogP contribution is 2.30. The van der Waals surface area contributed by atoms with Crippen molar-refractivity contribution in [2.45, 2.75) is 39.2 Å². The molecule has 158 valence electrons. The standard InChI is InChI=1S/C24H28FN3O2/c1-16-4-3-5-22(17(16)2)28-15-18(14-23(28)29)24(30)27-12-10-21(11-13-27)26-20-8-6-19(25)7-9-20/h3-9,18,21,26H,10-15H2,1-2H3. The average molecular weight is 410 g/mol. The number of piperidine rings is 1. The van der Waals surface area contributed by atoms with E-state index in [0.717, 1.165) is 35.3 Å². The van der Waals surface area contributed by atoms with Crippen LogP contribution in [0.25, 0.3) is 0 Å². The molecular weight excluding hydrogens is 381 g/mol. The zero-order chi connectivity index (χ0) is 21.3. The van der Waals surface area contributed by atoms with Gasteiger partial charge >= 0.3 is 0 Å². The number of nitrogens with zero attached hydrogens (tertiary/aromatic N) is 2. The molecule has 5 nitrogen and oxygen atoms in total. The molecule has 4 rings (SSSR count). The summed E-state index contributed by atoms with van der Waals surface area (Å²) < 4.78 is 13.1. The third-order valence-corrected chi connectivity index (χ3v) is 6.36. The summed E-state index contributed by atoms with van der Waals surface area (Å²) in [6, 6.07) is 12.6. The van der Waals surface area contributed by atoms with Crippen LogP contribution in [0, 0.1) is 25.6 Å². The Morgan fingerprint density at radius 2 is 1.77 bits per heavy atom. The highest BCUT2D eigenvalue weighted by Gasteiger charge is 2.38. The largest absolute Gasteiger partial charge is 0.382 e. The quantitative estimate of drug-likeness (QED) is 0.833. The van der Waals surface area contributed by atoms with E-state index in [-0.39, 0.29) is 36.0 Å². The van der Waals surface area contributed by atoms with E-state index < -0.39 is 0 Å². The summed E-state index contributed by atoms with van der Waals surface area (Å²) in [6.07, 6.45) is 1.95. The number of likely N-dealkylation sites (tertiary alicyclic amines) is 1. The Balaban J connectivity index is 1.34.